The van der Waals surface area contributed by atoms with Crippen molar-refractivity contribution in [1.82, 2.24) is 9.78 Å². The summed E-state index contributed by atoms with van der Waals surface area (Å²) in [5, 5.41) is 17.6. The number of amides is 1. The van der Waals surface area contributed by atoms with Crippen LogP contribution in [0.5, 0.6) is 0 Å². The highest BCUT2D eigenvalue weighted by atomic mass is 35.5. The molecule has 0 saturated heterocycles. The van der Waals surface area contributed by atoms with Crippen molar-refractivity contribution in [3.05, 3.63) is 50.2 Å². The molecule has 1 aromatic carbocycles. The number of hydrogen-bond donors (Lipinski definition) is 1. The lowest BCUT2D eigenvalue weighted by molar-refractivity contribution is -0.384. The largest absolute Gasteiger partial charge is 0.319 e. The summed E-state index contributed by atoms with van der Waals surface area (Å²) in [5.41, 5.74) is 0.127. The highest BCUT2D eigenvalue weighted by molar-refractivity contribution is 6.35. The fourth-order valence-electron chi connectivity index (χ4n) is 1.73. The second kappa shape index (κ2) is 6.11. The number of rotatable bonds is 4. The van der Waals surface area contributed by atoms with Crippen LogP contribution in [0.1, 0.15) is 17.4 Å². The van der Waals surface area contributed by atoms with Gasteiger partial charge in [-0.3, -0.25) is 19.6 Å². The van der Waals surface area contributed by atoms with Crippen LogP contribution in [0.2, 0.25) is 10.0 Å². The number of aromatic nitrogens is 2. The Balaban J connectivity index is 2.33. The molecule has 1 heterocycles. The zero-order chi connectivity index (χ0) is 15.6. The summed E-state index contributed by atoms with van der Waals surface area (Å²) < 4.78 is 1.42. The third-order valence-corrected chi connectivity index (χ3v) is 3.32. The van der Waals surface area contributed by atoms with Gasteiger partial charge in [-0.2, -0.15) is 5.10 Å². The molecule has 0 spiro atoms. The molecule has 0 radical (unpaired) electrons. The maximum Gasteiger partial charge on any atom is 0.275 e. The minimum atomic E-state index is -0.574. The van der Waals surface area contributed by atoms with Crippen LogP contribution in [0.4, 0.5) is 11.4 Å². The SMILES string of the molecule is CCn1ncc(Cl)c1C(=O)Nc1cc([N+](=O)[O-])ccc1Cl. The van der Waals surface area contributed by atoms with Crippen LogP contribution in [-0.4, -0.2) is 20.6 Å². The third kappa shape index (κ3) is 3.14. The maximum atomic E-state index is 12.2. The molecule has 0 bridgehead atoms. The zero-order valence-corrected chi connectivity index (χ0v) is 12.4. The molecule has 0 aliphatic rings. The van der Waals surface area contributed by atoms with E-state index in [1.54, 1.807) is 6.92 Å². The predicted molar refractivity (Wildman–Crippen MR) is 79.0 cm³/mol. The average Bonchev–Trinajstić information content (AvgIpc) is 2.82. The topological polar surface area (TPSA) is 90.1 Å². The smallest absolute Gasteiger partial charge is 0.275 e. The molecule has 0 saturated carbocycles. The molecule has 1 amide bonds. The molecule has 1 aromatic heterocycles. The Bertz CT molecular complexity index is 715. The number of nitro benzene ring substituents is 1. The molecule has 9 heteroatoms. The van der Waals surface area contributed by atoms with Crippen molar-refractivity contribution in [1.29, 1.82) is 0 Å². The van der Waals surface area contributed by atoms with Gasteiger partial charge < -0.3 is 5.32 Å². The number of carbonyl (C=O) groups is 1. The Hall–Kier alpha value is -2.12. The van der Waals surface area contributed by atoms with Gasteiger partial charge in [0.25, 0.3) is 11.6 Å². The van der Waals surface area contributed by atoms with Gasteiger partial charge in [0.2, 0.25) is 0 Å². The number of carbonyl (C=O) groups excluding carboxylic acids is 1. The minimum Gasteiger partial charge on any atom is -0.319 e. The first-order valence-electron chi connectivity index (χ1n) is 5.90. The molecule has 21 heavy (non-hydrogen) atoms. The van der Waals surface area contributed by atoms with Gasteiger partial charge >= 0.3 is 0 Å². The number of benzene rings is 1. The van der Waals surface area contributed by atoms with Crippen molar-refractivity contribution >= 4 is 40.5 Å². The third-order valence-electron chi connectivity index (χ3n) is 2.72. The van der Waals surface area contributed by atoms with Crippen molar-refractivity contribution in [3.8, 4) is 0 Å². The number of anilines is 1. The molecule has 0 fully saturated rings. The van der Waals surface area contributed by atoms with E-state index in [0.717, 1.165) is 0 Å². The molecule has 0 aliphatic heterocycles. The van der Waals surface area contributed by atoms with Gasteiger partial charge in [-0.1, -0.05) is 23.2 Å². The minimum absolute atomic E-state index is 0.135. The molecular weight excluding hydrogens is 319 g/mol. The van der Waals surface area contributed by atoms with E-state index in [9.17, 15) is 14.9 Å². The summed E-state index contributed by atoms with van der Waals surface area (Å²) in [7, 11) is 0. The predicted octanol–water partition coefficient (Wildman–Crippen LogP) is 3.37. The first-order chi connectivity index (χ1) is 9.93. The van der Waals surface area contributed by atoms with Gasteiger partial charge in [0.15, 0.2) is 0 Å². The summed E-state index contributed by atoms with van der Waals surface area (Å²) in [5.74, 6) is -0.540. The Kier molecular flexibility index (Phi) is 4.44. The average molecular weight is 329 g/mol. The molecule has 2 rings (SSSR count). The quantitative estimate of drug-likeness (QED) is 0.688. The van der Waals surface area contributed by atoms with E-state index in [0.29, 0.717) is 6.54 Å². The van der Waals surface area contributed by atoms with Crippen molar-refractivity contribution in [2.45, 2.75) is 13.5 Å². The van der Waals surface area contributed by atoms with Crippen LogP contribution >= 0.6 is 23.2 Å². The molecule has 0 unspecified atom stereocenters. The van der Waals surface area contributed by atoms with E-state index in [-0.39, 0.29) is 27.1 Å². The van der Waals surface area contributed by atoms with E-state index < -0.39 is 10.8 Å². The molecule has 2 aromatic rings. The van der Waals surface area contributed by atoms with Crippen molar-refractivity contribution in [3.63, 3.8) is 0 Å². The lowest BCUT2D eigenvalue weighted by Gasteiger charge is -2.08. The molecule has 0 aliphatic carbocycles. The van der Waals surface area contributed by atoms with Crippen molar-refractivity contribution in [2.24, 2.45) is 0 Å². The van der Waals surface area contributed by atoms with Crippen molar-refractivity contribution < 1.29 is 9.72 Å². The monoisotopic (exact) mass is 328 g/mol. The number of aryl methyl sites for hydroxylation is 1. The first-order valence-corrected chi connectivity index (χ1v) is 6.66. The van der Waals surface area contributed by atoms with Crippen LogP contribution in [0.25, 0.3) is 0 Å². The number of non-ortho nitro benzene ring substituents is 1. The van der Waals surface area contributed by atoms with Gasteiger partial charge in [0.1, 0.15) is 5.69 Å². The second-order valence-electron chi connectivity index (χ2n) is 4.03. The summed E-state index contributed by atoms with van der Waals surface area (Å²) in [6.45, 7) is 2.26. The van der Waals surface area contributed by atoms with Gasteiger partial charge in [-0.25, -0.2) is 0 Å². The van der Waals surface area contributed by atoms with Crippen LogP contribution in [0.3, 0.4) is 0 Å². The fraction of sp³-hybridized carbons (Fsp3) is 0.167. The van der Waals surface area contributed by atoms with Gasteiger partial charge in [0, 0.05) is 18.7 Å². The lowest BCUT2D eigenvalue weighted by Crippen LogP contribution is -2.18. The van der Waals surface area contributed by atoms with Crippen LogP contribution in [-0.2, 0) is 6.54 Å². The second-order valence-corrected chi connectivity index (χ2v) is 4.85. The van der Waals surface area contributed by atoms with E-state index in [2.05, 4.69) is 10.4 Å². The first kappa shape index (κ1) is 15.3. The summed E-state index contributed by atoms with van der Waals surface area (Å²) >= 11 is 11.8. The van der Waals surface area contributed by atoms with E-state index in [1.165, 1.54) is 29.1 Å². The highest BCUT2D eigenvalue weighted by Gasteiger charge is 2.19. The number of nitro groups is 1. The zero-order valence-electron chi connectivity index (χ0n) is 10.8. The molecule has 0 atom stereocenters. The molecule has 110 valence electrons. The van der Waals surface area contributed by atoms with Crippen LogP contribution < -0.4 is 5.32 Å². The Morgan fingerprint density at radius 1 is 1.43 bits per heavy atom. The van der Waals surface area contributed by atoms with Crippen LogP contribution in [0, 0.1) is 10.1 Å². The Morgan fingerprint density at radius 2 is 2.14 bits per heavy atom. The summed E-state index contributed by atoms with van der Waals surface area (Å²) in [6.07, 6.45) is 1.36. The van der Waals surface area contributed by atoms with Gasteiger partial charge in [-0.15, -0.1) is 0 Å². The van der Waals surface area contributed by atoms with E-state index >= 15 is 0 Å². The molecular formula is C12H10Cl2N4O3. The number of nitrogens with one attached hydrogen (secondary N) is 1. The molecule has 1 N–H and O–H groups in total. The van der Waals surface area contributed by atoms with Crippen LogP contribution in [0.15, 0.2) is 24.4 Å². The highest BCUT2D eigenvalue weighted by Crippen LogP contribution is 2.27. The van der Waals surface area contributed by atoms with E-state index in [4.69, 9.17) is 23.2 Å². The normalized spacial score (nSPS) is 10.4. The Morgan fingerprint density at radius 3 is 2.76 bits per heavy atom. The lowest BCUT2D eigenvalue weighted by atomic mass is 10.2. The van der Waals surface area contributed by atoms with Gasteiger partial charge in [-0.05, 0) is 13.0 Å². The van der Waals surface area contributed by atoms with Gasteiger partial charge in [0.05, 0.1) is 26.9 Å². The number of hydrogen-bond acceptors (Lipinski definition) is 4. The van der Waals surface area contributed by atoms with Crippen molar-refractivity contribution in [2.75, 3.05) is 5.32 Å². The summed E-state index contributed by atoms with van der Waals surface area (Å²) in [4.78, 5) is 22.4. The number of nitrogens with zero attached hydrogens (tertiary/aromatic N) is 3. The molecule has 7 nitrogen and oxygen atoms in total. The maximum absolute atomic E-state index is 12.2. The number of halogens is 2. The Labute approximate surface area is 129 Å². The fourth-order valence-corrected chi connectivity index (χ4v) is 2.12. The standard InChI is InChI=1S/C12H10Cl2N4O3/c1-2-17-11(9(14)6-15-17)12(19)16-10-5-7(18(20)21)3-4-8(10)13/h3-6H,2H2,1H3,(H,16,19). The van der Waals surface area contributed by atoms with E-state index in [1.807, 2.05) is 0 Å². The summed E-state index contributed by atoms with van der Waals surface area (Å²) in [6, 6.07) is 3.77.